The number of halogens is 4. The van der Waals surface area contributed by atoms with E-state index in [0.29, 0.717) is 0 Å². The lowest BCUT2D eigenvalue weighted by Gasteiger charge is -2.35. The Hall–Kier alpha value is -1.68. The van der Waals surface area contributed by atoms with Gasteiger partial charge in [-0.1, -0.05) is 11.6 Å². The second kappa shape index (κ2) is 5.98. The van der Waals surface area contributed by atoms with Crippen LogP contribution in [0, 0.1) is 10.1 Å². The van der Waals surface area contributed by atoms with Gasteiger partial charge in [-0.05, 0) is 0 Å². The van der Waals surface area contributed by atoms with Crippen molar-refractivity contribution in [3.8, 4) is 0 Å². The Labute approximate surface area is 122 Å². The van der Waals surface area contributed by atoms with Crippen LogP contribution in [0.3, 0.4) is 0 Å². The zero-order chi connectivity index (χ0) is 15.6. The highest BCUT2D eigenvalue weighted by Crippen LogP contribution is 2.31. The normalized spacial score (nSPS) is 17.0. The largest absolute Gasteiger partial charge is 0.401 e. The molecule has 1 saturated heterocycles. The lowest BCUT2D eigenvalue weighted by Crippen LogP contribution is -2.49. The van der Waals surface area contributed by atoms with Crippen LogP contribution in [0.4, 0.5) is 24.7 Å². The fraction of sp³-hybridized carbons (Fsp3) is 0.600. The van der Waals surface area contributed by atoms with Gasteiger partial charge < -0.3 is 4.90 Å². The van der Waals surface area contributed by atoms with Gasteiger partial charge in [0.1, 0.15) is 6.33 Å². The van der Waals surface area contributed by atoms with Crippen LogP contribution < -0.4 is 4.90 Å². The Bertz CT molecular complexity index is 534. The first-order valence-electron chi connectivity index (χ1n) is 5.97. The van der Waals surface area contributed by atoms with Crippen molar-refractivity contribution in [2.75, 3.05) is 37.6 Å². The van der Waals surface area contributed by atoms with Crippen LogP contribution >= 0.6 is 11.6 Å². The topological polar surface area (TPSA) is 75.4 Å². The summed E-state index contributed by atoms with van der Waals surface area (Å²) in [7, 11) is 0. The van der Waals surface area contributed by atoms with Crippen LogP contribution in [0.25, 0.3) is 0 Å². The van der Waals surface area contributed by atoms with Gasteiger partial charge in [-0.2, -0.15) is 13.2 Å². The molecule has 116 valence electrons. The maximum Gasteiger partial charge on any atom is 0.401 e. The monoisotopic (exact) mass is 325 g/mol. The number of aromatic nitrogens is 2. The van der Waals surface area contributed by atoms with Crippen molar-refractivity contribution < 1.29 is 18.1 Å². The average molecular weight is 326 g/mol. The van der Waals surface area contributed by atoms with E-state index >= 15 is 0 Å². The number of nitrogens with zero attached hydrogens (tertiary/aromatic N) is 5. The molecular formula is C10H11ClF3N5O2. The molecule has 1 aliphatic heterocycles. The maximum absolute atomic E-state index is 12.3. The molecule has 0 radical (unpaired) electrons. The van der Waals surface area contributed by atoms with Gasteiger partial charge in [0.25, 0.3) is 0 Å². The summed E-state index contributed by atoms with van der Waals surface area (Å²) in [6, 6.07) is 0. The second-order valence-corrected chi connectivity index (χ2v) is 4.83. The van der Waals surface area contributed by atoms with Gasteiger partial charge >= 0.3 is 11.9 Å². The number of piperazine rings is 1. The first kappa shape index (κ1) is 15.7. The molecule has 1 fully saturated rings. The molecule has 11 heteroatoms. The fourth-order valence-electron chi connectivity index (χ4n) is 2.11. The molecule has 1 aliphatic rings. The van der Waals surface area contributed by atoms with E-state index in [9.17, 15) is 23.3 Å². The molecule has 0 N–H and O–H groups in total. The summed E-state index contributed by atoms with van der Waals surface area (Å²) in [4.78, 5) is 20.5. The van der Waals surface area contributed by atoms with Gasteiger partial charge in [-0.15, -0.1) is 0 Å². The molecule has 7 nitrogen and oxygen atoms in total. The Balaban J connectivity index is 2.10. The highest BCUT2D eigenvalue weighted by atomic mass is 35.5. The molecule has 2 rings (SSSR count). The second-order valence-electron chi connectivity index (χ2n) is 4.47. The van der Waals surface area contributed by atoms with Crippen molar-refractivity contribution in [3.63, 3.8) is 0 Å². The summed E-state index contributed by atoms with van der Waals surface area (Å²) in [5, 5.41) is 10.7. The Kier molecular flexibility index (Phi) is 4.47. The van der Waals surface area contributed by atoms with Gasteiger partial charge in [-0.3, -0.25) is 15.0 Å². The lowest BCUT2D eigenvalue weighted by atomic mass is 10.3. The standard InChI is InChI=1S/C10H11ClF3N5O2/c11-8-7(19(20)21)9(16-6-15-8)18-3-1-17(2-4-18)5-10(12,13)14/h6H,1-5H2. The van der Waals surface area contributed by atoms with E-state index in [-0.39, 0.29) is 37.1 Å². The summed E-state index contributed by atoms with van der Waals surface area (Å²) < 4.78 is 36.9. The van der Waals surface area contributed by atoms with Crippen LogP contribution in [0.15, 0.2) is 6.33 Å². The van der Waals surface area contributed by atoms with Crippen molar-refractivity contribution in [2.24, 2.45) is 0 Å². The molecule has 0 aromatic carbocycles. The third-order valence-corrected chi connectivity index (χ3v) is 3.29. The van der Waals surface area contributed by atoms with Crippen LogP contribution in [0.2, 0.25) is 5.15 Å². The van der Waals surface area contributed by atoms with E-state index in [4.69, 9.17) is 11.6 Å². The molecule has 0 bridgehead atoms. The summed E-state index contributed by atoms with van der Waals surface area (Å²) in [6.07, 6.45) is -3.17. The smallest absolute Gasteiger partial charge is 0.348 e. The molecule has 21 heavy (non-hydrogen) atoms. The van der Waals surface area contributed by atoms with E-state index in [1.54, 1.807) is 4.90 Å². The minimum atomic E-state index is -4.26. The molecule has 1 aromatic rings. The lowest BCUT2D eigenvalue weighted by molar-refractivity contribution is -0.384. The Morgan fingerprint density at radius 2 is 1.90 bits per heavy atom. The van der Waals surface area contributed by atoms with Gasteiger partial charge in [0, 0.05) is 26.2 Å². The molecular weight excluding hydrogens is 315 g/mol. The maximum atomic E-state index is 12.3. The third-order valence-electron chi connectivity index (χ3n) is 3.02. The minimum absolute atomic E-state index is 0.0339. The van der Waals surface area contributed by atoms with Crippen LogP contribution in [0.1, 0.15) is 0 Å². The third kappa shape index (κ3) is 3.91. The molecule has 0 spiro atoms. The first-order chi connectivity index (χ1) is 9.78. The Morgan fingerprint density at radius 3 is 2.43 bits per heavy atom. The number of hydrogen-bond acceptors (Lipinski definition) is 6. The number of anilines is 1. The molecule has 1 aromatic heterocycles. The number of nitro groups is 1. The summed E-state index contributed by atoms with van der Waals surface area (Å²) in [6.45, 7) is -0.321. The molecule has 0 unspecified atom stereocenters. The van der Waals surface area contributed by atoms with Crippen molar-refractivity contribution in [3.05, 3.63) is 21.6 Å². The zero-order valence-electron chi connectivity index (χ0n) is 10.7. The predicted molar refractivity (Wildman–Crippen MR) is 68.4 cm³/mol. The van der Waals surface area contributed by atoms with Crippen molar-refractivity contribution in [2.45, 2.75) is 6.18 Å². The molecule has 0 saturated carbocycles. The van der Waals surface area contributed by atoms with Crippen LogP contribution in [0.5, 0.6) is 0 Å². The van der Waals surface area contributed by atoms with E-state index in [1.807, 2.05) is 0 Å². The summed E-state index contributed by atoms with van der Waals surface area (Å²) >= 11 is 5.68. The quantitative estimate of drug-likeness (QED) is 0.478. The summed E-state index contributed by atoms with van der Waals surface area (Å²) in [5.41, 5.74) is -0.427. The SMILES string of the molecule is O=[N+]([O-])c1c(Cl)ncnc1N1CCN(CC(F)(F)F)CC1. The zero-order valence-corrected chi connectivity index (χ0v) is 11.4. The number of alkyl halides is 3. The van der Waals surface area contributed by atoms with E-state index < -0.39 is 23.3 Å². The average Bonchev–Trinajstić information content (AvgIpc) is 2.37. The van der Waals surface area contributed by atoms with E-state index in [0.717, 1.165) is 6.33 Å². The molecule has 0 amide bonds. The van der Waals surface area contributed by atoms with Gasteiger partial charge in [-0.25, -0.2) is 9.97 Å². The molecule has 0 aliphatic carbocycles. The van der Waals surface area contributed by atoms with E-state index in [2.05, 4.69) is 9.97 Å². The predicted octanol–water partition coefficient (Wildman–Crippen LogP) is 1.72. The molecule has 2 heterocycles. The van der Waals surface area contributed by atoms with Crippen molar-refractivity contribution >= 4 is 23.1 Å². The fourth-order valence-corrected chi connectivity index (χ4v) is 2.31. The van der Waals surface area contributed by atoms with Crippen molar-refractivity contribution in [1.29, 1.82) is 0 Å². The first-order valence-corrected chi connectivity index (χ1v) is 6.34. The minimum Gasteiger partial charge on any atom is -0.348 e. The van der Waals surface area contributed by atoms with Crippen LogP contribution in [-0.4, -0.2) is 58.7 Å². The number of rotatable bonds is 3. The number of hydrogen-bond donors (Lipinski definition) is 0. The summed E-state index contributed by atoms with van der Waals surface area (Å²) in [5.74, 6) is 0.0339. The molecule has 0 atom stereocenters. The van der Waals surface area contributed by atoms with Gasteiger partial charge in [0.15, 0.2) is 0 Å². The van der Waals surface area contributed by atoms with E-state index in [1.165, 1.54) is 4.90 Å². The highest BCUT2D eigenvalue weighted by molar-refractivity contribution is 6.31. The van der Waals surface area contributed by atoms with Gasteiger partial charge in [0.05, 0.1) is 11.5 Å². The highest BCUT2D eigenvalue weighted by Gasteiger charge is 2.34. The Morgan fingerprint density at radius 1 is 1.29 bits per heavy atom. The van der Waals surface area contributed by atoms with Crippen LogP contribution in [-0.2, 0) is 0 Å². The van der Waals surface area contributed by atoms with Gasteiger partial charge in [0.2, 0.25) is 11.0 Å². The van der Waals surface area contributed by atoms with Crippen molar-refractivity contribution in [1.82, 2.24) is 14.9 Å².